The molecule has 3 N–H and O–H groups in total. The van der Waals surface area contributed by atoms with Crippen LogP contribution in [0.4, 0.5) is 5.69 Å². The average Bonchev–Trinajstić information content (AvgIpc) is 3.10. The Morgan fingerprint density at radius 1 is 1.40 bits per heavy atom. The summed E-state index contributed by atoms with van der Waals surface area (Å²) in [6.45, 7) is 1.00. The van der Waals surface area contributed by atoms with E-state index in [9.17, 15) is 9.59 Å². The van der Waals surface area contributed by atoms with Crippen molar-refractivity contribution in [2.24, 2.45) is 0 Å². The van der Waals surface area contributed by atoms with Gasteiger partial charge in [0.2, 0.25) is 11.8 Å². The molecule has 1 fully saturated rings. The zero-order valence-corrected chi connectivity index (χ0v) is 11.7. The molecule has 2 amide bonds. The highest BCUT2D eigenvalue weighted by atomic mass is 16.2. The summed E-state index contributed by atoms with van der Waals surface area (Å²) in [5, 5.41) is 12.7. The normalized spacial score (nSPS) is 14.1. The van der Waals surface area contributed by atoms with Gasteiger partial charge < -0.3 is 16.0 Å². The van der Waals surface area contributed by atoms with E-state index in [2.05, 4.69) is 21.0 Å². The smallest absolute Gasteiger partial charge is 0.241 e. The monoisotopic (exact) mass is 279 g/mol. The molecule has 0 saturated heterocycles. The number of carbonyl (C=O) groups excluding carboxylic acids is 2. The summed E-state index contributed by atoms with van der Waals surface area (Å²) >= 11 is 0. The second-order valence-corrected chi connectivity index (χ2v) is 5.02. The van der Waals surface area contributed by atoms with Crippen LogP contribution < -0.4 is 16.0 Å². The lowest BCUT2D eigenvalue weighted by Crippen LogP contribution is -2.29. The standard InChI is InChI=1S/C13H21N5O2/c1-14-6-2-3-12(19)17-11-7-15-18(8-11)9-13(20)16-10-4-5-10/h7-8,10,14H,2-6,9H2,1H3,(H,16,20)(H,17,19). The number of aromatic nitrogens is 2. The van der Waals surface area contributed by atoms with E-state index in [1.165, 1.54) is 4.68 Å². The molecule has 0 bridgehead atoms. The van der Waals surface area contributed by atoms with Crippen LogP contribution in [0.15, 0.2) is 12.4 Å². The molecule has 0 radical (unpaired) electrons. The van der Waals surface area contributed by atoms with Crippen molar-refractivity contribution in [1.29, 1.82) is 0 Å². The number of nitrogens with zero attached hydrogens (tertiary/aromatic N) is 2. The van der Waals surface area contributed by atoms with Crippen LogP contribution in [0.2, 0.25) is 0 Å². The molecular weight excluding hydrogens is 258 g/mol. The third-order valence-electron chi connectivity index (χ3n) is 3.00. The van der Waals surface area contributed by atoms with E-state index in [0.29, 0.717) is 18.2 Å². The van der Waals surface area contributed by atoms with Crippen molar-refractivity contribution in [1.82, 2.24) is 20.4 Å². The minimum atomic E-state index is -0.0396. The number of anilines is 1. The van der Waals surface area contributed by atoms with Gasteiger partial charge in [0.15, 0.2) is 0 Å². The zero-order chi connectivity index (χ0) is 14.4. The molecule has 20 heavy (non-hydrogen) atoms. The molecule has 1 aromatic rings. The van der Waals surface area contributed by atoms with Gasteiger partial charge in [-0.3, -0.25) is 14.3 Å². The molecular formula is C13H21N5O2. The van der Waals surface area contributed by atoms with Crippen molar-refractivity contribution < 1.29 is 9.59 Å². The quantitative estimate of drug-likeness (QED) is 0.589. The van der Waals surface area contributed by atoms with E-state index >= 15 is 0 Å². The minimum Gasteiger partial charge on any atom is -0.352 e. The fourth-order valence-corrected chi connectivity index (χ4v) is 1.81. The van der Waals surface area contributed by atoms with Gasteiger partial charge in [0.1, 0.15) is 6.54 Å². The third kappa shape index (κ3) is 5.00. The van der Waals surface area contributed by atoms with E-state index in [1.807, 2.05) is 7.05 Å². The van der Waals surface area contributed by atoms with Crippen LogP contribution in [0.1, 0.15) is 25.7 Å². The van der Waals surface area contributed by atoms with Gasteiger partial charge in [0.05, 0.1) is 11.9 Å². The summed E-state index contributed by atoms with van der Waals surface area (Å²) in [4.78, 5) is 23.2. The van der Waals surface area contributed by atoms with Crippen molar-refractivity contribution in [2.75, 3.05) is 18.9 Å². The first-order chi connectivity index (χ1) is 9.67. The second-order valence-electron chi connectivity index (χ2n) is 5.02. The fraction of sp³-hybridized carbons (Fsp3) is 0.615. The van der Waals surface area contributed by atoms with E-state index in [1.54, 1.807) is 12.4 Å². The maximum Gasteiger partial charge on any atom is 0.241 e. The molecule has 1 saturated carbocycles. The molecule has 0 aliphatic heterocycles. The molecule has 7 nitrogen and oxygen atoms in total. The van der Waals surface area contributed by atoms with Gasteiger partial charge in [-0.1, -0.05) is 0 Å². The van der Waals surface area contributed by atoms with Crippen LogP contribution in [0.3, 0.4) is 0 Å². The van der Waals surface area contributed by atoms with Gasteiger partial charge in [0.25, 0.3) is 0 Å². The predicted molar refractivity (Wildman–Crippen MR) is 75.2 cm³/mol. The second kappa shape index (κ2) is 7.04. The first-order valence-electron chi connectivity index (χ1n) is 6.93. The van der Waals surface area contributed by atoms with Crippen molar-refractivity contribution in [2.45, 2.75) is 38.3 Å². The van der Waals surface area contributed by atoms with Crippen LogP contribution in [-0.4, -0.2) is 41.2 Å². The van der Waals surface area contributed by atoms with E-state index in [-0.39, 0.29) is 18.4 Å². The van der Waals surface area contributed by atoms with Gasteiger partial charge in [-0.15, -0.1) is 0 Å². The number of hydrogen-bond donors (Lipinski definition) is 3. The average molecular weight is 279 g/mol. The fourth-order valence-electron chi connectivity index (χ4n) is 1.81. The summed E-state index contributed by atoms with van der Waals surface area (Å²) in [5.41, 5.74) is 0.624. The van der Waals surface area contributed by atoms with Crippen molar-refractivity contribution >= 4 is 17.5 Å². The van der Waals surface area contributed by atoms with E-state index in [0.717, 1.165) is 25.8 Å². The molecule has 7 heteroatoms. The Morgan fingerprint density at radius 3 is 2.90 bits per heavy atom. The summed E-state index contributed by atoms with van der Waals surface area (Å²) in [5.74, 6) is -0.0790. The van der Waals surface area contributed by atoms with Crippen LogP contribution in [0.5, 0.6) is 0 Å². The highest BCUT2D eigenvalue weighted by Gasteiger charge is 2.23. The maximum absolute atomic E-state index is 11.6. The molecule has 0 unspecified atom stereocenters. The van der Waals surface area contributed by atoms with Gasteiger partial charge in [0, 0.05) is 18.7 Å². The van der Waals surface area contributed by atoms with Crippen LogP contribution in [0, 0.1) is 0 Å². The number of rotatable bonds is 8. The van der Waals surface area contributed by atoms with Crippen LogP contribution in [0.25, 0.3) is 0 Å². The third-order valence-corrected chi connectivity index (χ3v) is 3.00. The summed E-state index contributed by atoms with van der Waals surface area (Å²) in [7, 11) is 1.86. The number of hydrogen-bond acceptors (Lipinski definition) is 4. The largest absolute Gasteiger partial charge is 0.352 e. The molecule has 0 spiro atoms. The first-order valence-corrected chi connectivity index (χ1v) is 6.93. The molecule has 1 heterocycles. The molecule has 0 aromatic carbocycles. The Balaban J connectivity index is 1.73. The topological polar surface area (TPSA) is 88.1 Å². The maximum atomic E-state index is 11.6. The number of amides is 2. The van der Waals surface area contributed by atoms with Gasteiger partial charge in [-0.2, -0.15) is 5.10 Å². The predicted octanol–water partition coefficient (Wildman–Crippen LogP) is 0.0998. The molecule has 1 aliphatic rings. The van der Waals surface area contributed by atoms with Crippen molar-refractivity contribution in [3.05, 3.63) is 12.4 Å². The Kier molecular flexibility index (Phi) is 5.11. The van der Waals surface area contributed by atoms with Crippen molar-refractivity contribution in [3.63, 3.8) is 0 Å². The molecule has 1 aromatic heterocycles. The first kappa shape index (κ1) is 14.5. The molecule has 110 valence electrons. The zero-order valence-electron chi connectivity index (χ0n) is 11.7. The Morgan fingerprint density at radius 2 is 2.20 bits per heavy atom. The van der Waals surface area contributed by atoms with Crippen LogP contribution in [-0.2, 0) is 16.1 Å². The summed E-state index contributed by atoms with van der Waals surface area (Å²) < 4.78 is 1.53. The number of nitrogens with one attached hydrogen (secondary N) is 3. The lowest BCUT2D eigenvalue weighted by Gasteiger charge is -2.03. The Hall–Kier alpha value is -1.89. The highest BCUT2D eigenvalue weighted by Crippen LogP contribution is 2.18. The Bertz CT molecular complexity index is 467. The minimum absolute atomic E-state index is 0.0394. The molecule has 1 aliphatic carbocycles. The Labute approximate surface area is 118 Å². The molecule has 0 atom stereocenters. The van der Waals surface area contributed by atoms with Crippen molar-refractivity contribution in [3.8, 4) is 0 Å². The van der Waals surface area contributed by atoms with Gasteiger partial charge in [-0.25, -0.2) is 0 Å². The van der Waals surface area contributed by atoms with Crippen LogP contribution >= 0.6 is 0 Å². The SMILES string of the molecule is CNCCCC(=O)Nc1cnn(CC(=O)NC2CC2)c1. The lowest BCUT2D eigenvalue weighted by molar-refractivity contribution is -0.122. The summed E-state index contributed by atoms with van der Waals surface area (Å²) in [6, 6.07) is 0.351. The van der Waals surface area contributed by atoms with E-state index in [4.69, 9.17) is 0 Å². The lowest BCUT2D eigenvalue weighted by atomic mass is 10.3. The van der Waals surface area contributed by atoms with Gasteiger partial charge >= 0.3 is 0 Å². The van der Waals surface area contributed by atoms with Gasteiger partial charge in [-0.05, 0) is 32.9 Å². The number of carbonyl (C=O) groups is 2. The van der Waals surface area contributed by atoms with E-state index < -0.39 is 0 Å². The highest BCUT2D eigenvalue weighted by molar-refractivity contribution is 5.90. The summed E-state index contributed by atoms with van der Waals surface area (Å²) in [6.07, 6.45) is 6.62. The molecule has 2 rings (SSSR count).